The lowest BCUT2D eigenvalue weighted by atomic mass is 9.62. The van der Waals surface area contributed by atoms with Gasteiger partial charge in [0.2, 0.25) is 0 Å². The summed E-state index contributed by atoms with van der Waals surface area (Å²) in [5.74, 6) is -1.27. The van der Waals surface area contributed by atoms with E-state index < -0.39 is 17.6 Å². The molecule has 0 radical (unpaired) electrons. The maximum absolute atomic E-state index is 13.2. The molecule has 3 unspecified atom stereocenters. The lowest BCUT2D eigenvalue weighted by molar-refractivity contribution is -0.140. The number of ether oxygens (including phenoxy) is 1. The molecule has 0 aromatic heterocycles. The molecule has 1 fully saturated rings. The number of hydrogen-bond acceptors (Lipinski definition) is 2. The summed E-state index contributed by atoms with van der Waals surface area (Å²) in [5, 5.41) is 0. The van der Waals surface area contributed by atoms with Crippen LogP contribution in [-0.4, -0.2) is 12.1 Å². The SMILES string of the molecule is CCC1(C)C(N)CC1Oc1ccc(F)c(C(F)(F)F)c1. The third kappa shape index (κ3) is 2.49. The Bertz CT molecular complexity index is 502. The number of nitrogens with two attached hydrogens (primary N) is 1. The minimum atomic E-state index is -4.73. The third-order valence-electron chi connectivity index (χ3n) is 4.33. The summed E-state index contributed by atoms with van der Waals surface area (Å²) in [6.45, 7) is 3.90. The fourth-order valence-corrected chi connectivity index (χ4v) is 2.48. The number of rotatable bonds is 3. The molecule has 1 aliphatic carbocycles. The van der Waals surface area contributed by atoms with E-state index in [9.17, 15) is 17.6 Å². The molecule has 3 atom stereocenters. The van der Waals surface area contributed by atoms with Crippen LogP contribution in [0.1, 0.15) is 32.3 Å². The minimum absolute atomic E-state index is 0.0234. The Morgan fingerprint density at radius 3 is 2.55 bits per heavy atom. The summed E-state index contributed by atoms with van der Waals surface area (Å²) in [5.41, 5.74) is 4.35. The average Bonchev–Trinajstić information content (AvgIpc) is 2.38. The van der Waals surface area contributed by atoms with Crippen LogP contribution < -0.4 is 10.5 Å². The van der Waals surface area contributed by atoms with Gasteiger partial charge in [-0.05, 0) is 24.6 Å². The van der Waals surface area contributed by atoms with Gasteiger partial charge >= 0.3 is 6.18 Å². The first-order chi connectivity index (χ1) is 9.18. The van der Waals surface area contributed by atoms with Gasteiger partial charge < -0.3 is 10.5 Å². The Morgan fingerprint density at radius 1 is 1.40 bits per heavy atom. The highest BCUT2D eigenvalue weighted by Gasteiger charge is 2.50. The summed E-state index contributed by atoms with van der Waals surface area (Å²) in [4.78, 5) is 0. The Hall–Kier alpha value is -1.30. The summed E-state index contributed by atoms with van der Waals surface area (Å²) in [6, 6.07) is 2.67. The van der Waals surface area contributed by atoms with Crippen molar-refractivity contribution in [3.8, 4) is 5.75 Å². The predicted molar refractivity (Wildman–Crippen MR) is 66.8 cm³/mol. The molecule has 6 heteroatoms. The largest absolute Gasteiger partial charge is 0.490 e. The van der Waals surface area contributed by atoms with Crippen molar-refractivity contribution in [2.24, 2.45) is 11.1 Å². The Morgan fingerprint density at radius 2 is 2.05 bits per heavy atom. The Kier molecular flexibility index (Phi) is 3.71. The number of alkyl halides is 3. The molecule has 20 heavy (non-hydrogen) atoms. The number of benzene rings is 1. The van der Waals surface area contributed by atoms with Crippen molar-refractivity contribution in [2.75, 3.05) is 0 Å². The highest BCUT2D eigenvalue weighted by Crippen LogP contribution is 2.45. The maximum Gasteiger partial charge on any atom is 0.419 e. The van der Waals surface area contributed by atoms with Crippen molar-refractivity contribution in [3.05, 3.63) is 29.6 Å². The molecule has 0 amide bonds. The second kappa shape index (κ2) is 4.91. The third-order valence-corrected chi connectivity index (χ3v) is 4.33. The van der Waals surface area contributed by atoms with Gasteiger partial charge in [0.25, 0.3) is 0 Å². The van der Waals surface area contributed by atoms with Crippen LogP contribution in [0, 0.1) is 11.2 Å². The molecular weight excluding hydrogens is 274 g/mol. The zero-order valence-corrected chi connectivity index (χ0v) is 11.3. The van der Waals surface area contributed by atoms with Crippen LogP contribution in [0.4, 0.5) is 17.6 Å². The van der Waals surface area contributed by atoms with Gasteiger partial charge in [-0.2, -0.15) is 13.2 Å². The molecule has 112 valence electrons. The Labute approximate surface area is 114 Å². The van der Waals surface area contributed by atoms with E-state index in [1.807, 2.05) is 13.8 Å². The molecule has 2 nitrogen and oxygen atoms in total. The van der Waals surface area contributed by atoms with Crippen molar-refractivity contribution in [1.82, 2.24) is 0 Å². The number of hydrogen-bond donors (Lipinski definition) is 1. The van der Waals surface area contributed by atoms with Gasteiger partial charge in [-0.3, -0.25) is 0 Å². The van der Waals surface area contributed by atoms with Gasteiger partial charge in [0, 0.05) is 17.9 Å². The van der Waals surface area contributed by atoms with Crippen LogP contribution in [-0.2, 0) is 6.18 Å². The van der Waals surface area contributed by atoms with Crippen molar-refractivity contribution in [2.45, 2.75) is 45.0 Å². The van der Waals surface area contributed by atoms with E-state index in [-0.39, 0.29) is 23.3 Å². The van der Waals surface area contributed by atoms with E-state index in [1.165, 1.54) is 6.07 Å². The van der Waals surface area contributed by atoms with Crippen molar-refractivity contribution in [3.63, 3.8) is 0 Å². The summed E-state index contributed by atoms with van der Waals surface area (Å²) in [6.07, 6.45) is -3.61. The highest BCUT2D eigenvalue weighted by atomic mass is 19.4. The monoisotopic (exact) mass is 291 g/mol. The molecule has 0 bridgehead atoms. The lowest BCUT2D eigenvalue weighted by Crippen LogP contribution is -2.61. The average molecular weight is 291 g/mol. The summed E-state index contributed by atoms with van der Waals surface area (Å²) in [7, 11) is 0. The molecule has 1 aromatic carbocycles. The summed E-state index contributed by atoms with van der Waals surface area (Å²) < 4.78 is 56.6. The van der Waals surface area contributed by atoms with Gasteiger partial charge in [0.05, 0.1) is 5.56 Å². The van der Waals surface area contributed by atoms with Gasteiger partial charge in [0.1, 0.15) is 17.7 Å². The molecule has 0 saturated heterocycles. The van der Waals surface area contributed by atoms with E-state index in [0.29, 0.717) is 12.5 Å². The van der Waals surface area contributed by atoms with Crippen LogP contribution in [0.2, 0.25) is 0 Å². The van der Waals surface area contributed by atoms with Crippen LogP contribution in [0.25, 0.3) is 0 Å². The standard InChI is InChI=1S/C14H17F4NO/c1-3-13(2)11(19)7-12(13)20-8-4-5-10(15)9(6-8)14(16,17)18/h4-6,11-12H,3,7,19H2,1-2H3. The van der Waals surface area contributed by atoms with E-state index in [4.69, 9.17) is 10.5 Å². The first-order valence-electron chi connectivity index (χ1n) is 6.47. The number of halogens is 4. The predicted octanol–water partition coefficient (Wildman–Crippen LogP) is 3.74. The lowest BCUT2D eigenvalue weighted by Gasteiger charge is -2.51. The van der Waals surface area contributed by atoms with Crippen molar-refractivity contribution >= 4 is 0 Å². The molecule has 1 aromatic rings. The van der Waals surface area contributed by atoms with Crippen LogP contribution in [0.5, 0.6) is 5.75 Å². The van der Waals surface area contributed by atoms with Crippen LogP contribution in [0.15, 0.2) is 18.2 Å². The molecular formula is C14H17F4NO. The second-order valence-electron chi connectivity index (χ2n) is 5.45. The maximum atomic E-state index is 13.2. The summed E-state index contributed by atoms with van der Waals surface area (Å²) >= 11 is 0. The first-order valence-corrected chi connectivity index (χ1v) is 6.47. The quantitative estimate of drug-likeness (QED) is 0.861. The highest BCUT2D eigenvalue weighted by molar-refractivity contribution is 5.32. The zero-order chi connectivity index (χ0) is 15.1. The molecule has 1 saturated carbocycles. The minimum Gasteiger partial charge on any atom is -0.490 e. The van der Waals surface area contributed by atoms with Crippen LogP contribution >= 0.6 is 0 Å². The van der Waals surface area contributed by atoms with E-state index in [1.54, 1.807) is 0 Å². The smallest absolute Gasteiger partial charge is 0.419 e. The molecule has 0 spiro atoms. The van der Waals surface area contributed by atoms with Gasteiger partial charge in [-0.15, -0.1) is 0 Å². The van der Waals surface area contributed by atoms with Gasteiger partial charge in [-0.1, -0.05) is 13.8 Å². The Balaban J connectivity index is 2.20. The normalized spacial score (nSPS) is 29.9. The van der Waals surface area contributed by atoms with Crippen molar-refractivity contribution < 1.29 is 22.3 Å². The topological polar surface area (TPSA) is 35.2 Å². The molecule has 1 aliphatic rings. The second-order valence-corrected chi connectivity index (χ2v) is 5.45. The molecule has 0 aliphatic heterocycles. The van der Waals surface area contributed by atoms with E-state index in [2.05, 4.69) is 0 Å². The van der Waals surface area contributed by atoms with Crippen LogP contribution in [0.3, 0.4) is 0 Å². The fourth-order valence-electron chi connectivity index (χ4n) is 2.48. The zero-order valence-electron chi connectivity index (χ0n) is 11.3. The van der Waals surface area contributed by atoms with Gasteiger partial charge in [-0.25, -0.2) is 4.39 Å². The fraction of sp³-hybridized carbons (Fsp3) is 0.571. The molecule has 2 rings (SSSR count). The first kappa shape index (κ1) is 15.1. The molecule has 0 heterocycles. The molecule has 2 N–H and O–H groups in total. The van der Waals surface area contributed by atoms with Gasteiger partial charge in [0.15, 0.2) is 0 Å². The van der Waals surface area contributed by atoms with E-state index >= 15 is 0 Å². The van der Waals surface area contributed by atoms with Crippen molar-refractivity contribution in [1.29, 1.82) is 0 Å². The van der Waals surface area contributed by atoms with E-state index in [0.717, 1.165) is 12.5 Å².